The van der Waals surface area contributed by atoms with Gasteiger partial charge in [-0.3, -0.25) is 19.2 Å². The largest absolute Gasteiger partial charge is 0.465 e. The van der Waals surface area contributed by atoms with E-state index in [0.717, 1.165) is 38.5 Å². The van der Waals surface area contributed by atoms with E-state index < -0.39 is 0 Å². The van der Waals surface area contributed by atoms with Crippen LogP contribution in [0.1, 0.15) is 121 Å². The van der Waals surface area contributed by atoms with Gasteiger partial charge in [-0.25, -0.2) is 0 Å². The molecule has 8 heteroatoms. The van der Waals surface area contributed by atoms with Crippen molar-refractivity contribution in [3.63, 3.8) is 0 Å². The lowest BCUT2D eigenvalue weighted by Gasteiger charge is -2.70. The summed E-state index contributed by atoms with van der Waals surface area (Å²) in [6.07, 6.45) is 7.27. The van der Waals surface area contributed by atoms with E-state index in [1.165, 1.54) is 33.3 Å². The predicted molar refractivity (Wildman–Crippen MR) is 173 cm³/mol. The van der Waals surface area contributed by atoms with Crippen molar-refractivity contribution in [1.82, 2.24) is 0 Å². The Morgan fingerprint density at radius 2 is 1.39 bits per heavy atom. The van der Waals surface area contributed by atoms with Crippen molar-refractivity contribution < 1.29 is 38.1 Å². The molecule has 0 aliphatic heterocycles. The molecule has 0 aromatic carbocycles. The molecule has 0 amide bonds. The normalized spacial score (nSPS) is 44.0. The second-order valence-corrected chi connectivity index (χ2v) is 17.2. The van der Waals surface area contributed by atoms with Crippen molar-refractivity contribution >= 4 is 23.9 Å². The van der Waals surface area contributed by atoms with Crippen LogP contribution in [-0.2, 0) is 38.1 Å². The van der Waals surface area contributed by atoms with Gasteiger partial charge in [-0.1, -0.05) is 60.1 Å². The van der Waals surface area contributed by atoms with E-state index >= 15 is 0 Å². The molecule has 0 saturated heterocycles. The van der Waals surface area contributed by atoms with Gasteiger partial charge in [-0.05, 0) is 78.9 Å². The van der Waals surface area contributed by atoms with E-state index in [2.05, 4.69) is 54.5 Å². The van der Waals surface area contributed by atoms with Crippen LogP contribution in [0.5, 0.6) is 0 Å². The highest BCUT2D eigenvalue weighted by Crippen LogP contribution is 2.77. The van der Waals surface area contributed by atoms with Crippen LogP contribution in [0.4, 0.5) is 0 Å². The van der Waals surface area contributed by atoms with E-state index in [1.807, 2.05) is 0 Å². The Bertz CT molecular complexity index is 1300. The van der Waals surface area contributed by atoms with Gasteiger partial charge in [0.05, 0.1) is 6.61 Å². The Morgan fingerprint density at radius 3 is 1.96 bits per heavy atom. The lowest BCUT2D eigenvalue weighted by Crippen LogP contribution is -2.67. The Kier molecular flexibility index (Phi) is 8.85. The molecule has 4 fully saturated rings. The number of hydrogen-bond acceptors (Lipinski definition) is 8. The third-order valence-corrected chi connectivity index (χ3v) is 14.3. The topological polar surface area (TPSA) is 105 Å². The minimum absolute atomic E-state index is 0.0136. The number of hydrogen-bond donors (Lipinski definition) is 0. The Hall–Kier alpha value is -2.38. The van der Waals surface area contributed by atoms with Crippen LogP contribution in [-0.4, -0.2) is 48.8 Å². The molecule has 5 aliphatic carbocycles. The second kappa shape index (κ2) is 11.6. The smallest absolute Gasteiger partial charge is 0.302 e. The zero-order chi connectivity index (χ0) is 34.2. The summed E-state index contributed by atoms with van der Waals surface area (Å²) < 4.78 is 24.4. The first kappa shape index (κ1) is 34.9. The molecule has 11 atom stereocenters. The van der Waals surface area contributed by atoms with Crippen LogP contribution in [0.15, 0.2) is 11.6 Å². The summed E-state index contributed by atoms with van der Waals surface area (Å²) in [5.74, 6) is -0.470. The third-order valence-electron chi connectivity index (χ3n) is 14.3. The molecule has 4 saturated carbocycles. The van der Waals surface area contributed by atoms with Gasteiger partial charge in [0.15, 0.2) is 0 Å². The number of ether oxygens (including phenoxy) is 4. The molecule has 3 unspecified atom stereocenters. The van der Waals surface area contributed by atoms with Crippen LogP contribution in [0, 0.1) is 56.7 Å². The summed E-state index contributed by atoms with van der Waals surface area (Å²) >= 11 is 0. The predicted octanol–water partition coefficient (Wildman–Crippen LogP) is 7.22. The fourth-order valence-corrected chi connectivity index (χ4v) is 12.4. The molecule has 258 valence electrons. The molecule has 5 aliphatic rings. The monoisotopic (exact) mass is 642 g/mol. The minimum atomic E-state index is -0.336. The summed E-state index contributed by atoms with van der Waals surface area (Å²) in [5.41, 5.74) is -0.0246. The van der Waals surface area contributed by atoms with E-state index in [0.29, 0.717) is 18.9 Å². The SMILES string of the molecule is CC(=O)OC[C@@]12CC[C@@]3(C)[C@H]4C(=CC[C@]3(C)C1C(OC(C)=O)C[C@H]2C(C)C)[C@@]1(C)CC[C@H](OC(C)=O)C(C)(C)C1C[C@@H]4OC(C)=O. The number of esters is 4. The molecule has 0 spiro atoms. The third kappa shape index (κ3) is 5.14. The number of fused-ring (bicyclic) bond motifs is 7. The highest BCUT2D eigenvalue weighted by atomic mass is 16.6. The van der Waals surface area contributed by atoms with Gasteiger partial charge in [-0.2, -0.15) is 0 Å². The van der Waals surface area contributed by atoms with Crippen LogP contribution >= 0.6 is 0 Å². The average molecular weight is 643 g/mol. The fraction of sp³-hybridized carbons (Fsp3) is 0.842. The van der Waals surface area contributed by atoms with Crippen LogP contribution in [0.2, 0.25) is 0 Å². The number of rotatable bonds is 6. The first-order valence-electron chi connectivity index (χ1n) is 17.6. The first-order valence-corrected chi connectivity index (χ1v) is 17.6. The molecule has 5 rings (SSSR count). The van der Waals surface area contributed by atoms with Crippen LogP contribution < -0.4 is 0 Å². The summed E-state index contributed by atoms with van der Waals surface area (Å²) in [6, 6.07) is 0. The Morgan fingerprint density at radius 1 is 0.783 bits per heavy atom. The summed E-state index contributed by atoms with van der Waals surface area (Å²) in [7, 11) is 0. The Balaban J connectivity index is 1.67. The molecular weight excluding hydrogens is 584 g/mol. The van der Waals surface area contributed by atoms with E-state index in [1.54, 1.807) is 0 Å². The van der Waals surface area contributed by atoms with Crippen LogP contribution in [0.25, 0.3) is 0 Å². The van der Waals surface area contributed by atoms with Crippen molar-refractivity contribution in [2.75, 3.05) is 6.61 Å². The molecule has 0 aromatic rings. The lowest BCUT2D eigenvalue weighted by atomic mass is 9.35. The van der Waals surface area contributed by atoms with Gasteiger partial charge in [0, 0.05) is 50.4 Å². The number of carbonyl (C=O) groups is 4. The van der Waals surface area contributed by atoms with Gasteiger partial charge in [0.1, 0.15) is 18.3 Å². The zero-order valence-corrected chi connectivity index (χ0v) is 30.1. The Labute approximate surface area is 276 Å². The van der Waals surface area contributed by atoms with Gasteiger partial charge in [-0.15, -0.1) is 0 Å². The molecule has 0 heterocycles. The van der Waals surface area contributed by atoms with Gasteiger partial charge >= 0.3 is 23.9 Å². The molecule has 0 aromatic heterocycles. The molecular formula is C38H58O8. The number of allylic oxidation sites excluding steroid dienone is 1. The van der Waals surface area contributed by atoms with Crippen molar-refractivity contribution in [3.8, 4) is 0 Å². The maximum atomic E-state index is 12.8. The highest BCUT2D eigenvalue weighted by molar-refractivity contribution is 5.67. The van der Waals surface area contributed by atoms with Crippen molar-refractivity contribution in [1.29, 1.82) is 0 Å². The highest BCUT2D eigenvalue weighted by Gasteiger charge is 2.74. The molecule has 8 nitrogen and oxygen atoms in total. The zero-order valence-electron chi connectivity index (χ0n) is 30.1. The number of carbonyl (C=O) groups excluding carboxylic acids is 4. The summed E-state index contributed by atoms with van der Waals surface area (Å²) in [4.78, 5) is 49.8. The second-order valence-electron chi connectivity index (χ2n) is 17.2. The molecule has 0 N–H and O–H groups in total. The van der Waals surface area contributed by atoms with E-state index in [4.69, 9.17) is 18.9 Å². The van der Waals surface area contributed by atoms with Crippen molar-refractivity contribution in [3.05, 3.63) is 11.6 Å². The summed E-state index contributed by atoms with van der Waals surface area (Å²) in [6.45, 7) is 22.3. The van der Waals surface area contributed by atoms with Crippen LogP contribution in [0.3, 0.4) is 0 Å². The van der Waals surface area contributed by atoms with Gasteiger partial charge in [0.2, 0.25) is 0 Å². The summed E-state index contributed by atoms with van der Waals surface area (Å²) in [5, 5.41) is 0. The van der Waals surface area contributed by atoms with E-state index in [-0.39, 0.29) is 92.9 Å². The van der Waals surface area contributed by atoms with Crippen molar-refractivity contribution in [2.45, 2.75) is 139 Å². The fourth-order valence-electron chi connectivity index (χ4n) is 12.4. The maximum Gasteiger partial charge on any atom is 0.302 e. The molecule has 0 radical (unpaired) electrons. The maximum absolute atomic E-state index is 12.8. The minimum Gasteiger partial charge on any atom is -0.465 e. The lowest BCUT2D eigenvalue weighted by molar-refractivity contribution is -0.225. The molecule has 0 bridgehead atoms. The van der Waals surface area contributed by atoms with Gasteiger partial charge < -0.3 is 18.9 Å². The quantitative estimate of drug-likeness (QED) is 0.170. The average Bonchev–Trinajstić information content (AvgIpc) is 3.25. The van der Waals surface area contributed by atoms with Crippen molar-refractivity contribution in [2.24, 2.45) is 56.7 Å². The van der Waals surface area contributed by atoms with Gasteiger partial charge in [0.25, 0.3) is 0 Å². The molecule has 46 heavy (non-hydrogen) atoms. The van der Waals surface area contributed by atoms with E-state index in [9.17, 15) is 19.2 Å². The standard InChI is InChI=1S/C38H58O8/c1-21(2)27-18-29(45-24(5)41)33-37(11)15-12-26-32(36(37,10)16-17-38(27,33)20-43-22(3)39)28(44-23(4)40)19-30-34(7,8)31(46-25(6)42)13-14-35(26,30)9/h12,21,27-33H,13-20H2,1-11H3/t27-,28-,29?,30?,31-,32-,33?,35+,36-,37+,38+/m0/s1. The first-order chi connectivity index (χ1) is 21.2.